The van der Waals surface area contributed by atoms with Crippen molar-refractivity contribution < 1.29 is 14.3 Å². The molecule has 3 aromatic rings. The molecule has 1 atom stereocenters. The maximum atomic E-state index is 12.4. The zero-order chi connectivity index (χ0) is 19.2. The fourth-order valence-corrected chi connectivity index (χ4v) is 3.48. The Morgan fingerprint density at radius 3 is 2.74 bits per heavy atom. The quantitative estimate of drug-likeness (QED) is 0.674. The van der Waals surface area contributed by atoms with Crippen LogP contribution in [0, 0.1) is 0 Å². The minimum absolute atomic E-state index is 0.0830. The van der Waals surface area contributed by atoms with Crippen LogP contribution < -0.4 is 14.8 Å². The van der Waals surface area contributed by atoms with Crippen molar-refractivity contribution in [2.75, 3.05) is 14.2 Å². The molecule has 6 nitrogen and oxygen atoms in total. The SMILES string of the molecule is COc1ccc(C(C)NC(=O)Cc2csc(-c3cccnc3)n2)cc1OC. The van der Waals surface area contributed by atoms with E-state index >= 15 is 0 Å². The highest BCUT2D eigenvalue weighted by atomic mass is 32.1. The molecule has 7 heteroatoms. The Morgan fingerprint density at radius 2 is 2.04 bits per heavy atom. The summed E-state index contributed by atoms with van der Waals surface area (Å²) in [6, 6.07) is 9.27. The molecule has 0 radical (unpaired) electrons. The van der Waals surface area contributed by atoms with Crippen LogP contribution in [-0.4, -0.2) is 30.1 Å². The smallest absolute Gasteiger partial charge is 0.226 e. The standard InChI is InChI=1S/C20H21N3O3S/c1-13(14-6-7-17(25-2)18(9-14)26-3)22-19(24)10-16-12-27-20(23-16)15-5-4-8-21-11-15/h4-9,11-13H,10H2,1-3H3,(H,22,24). The molecule has 1 aromatic carbocycles. The predicted octanol–water partition coefficient (Wildman–Crippen LogP) is 3.64. The fraction of sp³-hybridized carbons (Fsp3) is 0.250. The highest BCUT2D eigenvalue weighted by Crippen LogP contribution is 2.30. The molecule has 140 valence electrons. The van der Waals surface area contributed by atoms with Gasteiger partial charge in [0.1, 0.15) is 5.01 Å². The van der Waals surface area contributed by atoms with Crippen LogP contribution in [0.25, 0.3) is 10.6 Å². The Labute approximate surface area is 162 Å². The Morgan fingerprint density at radius 1 is 1.22 bits per heavy atom. The molecule has 1 amide bonds. The van der Waals surface area contributed by atoms with E-state index in [1.807, 2.05) is 42.6 Å². The molecule has 0 saturated carbocycles. The van der Waals surface area contributed by atoms with E-state index < -0.39 is 0 Å². The minimum Gasteiger partial charge on any atom is -0.493 e. The molecular formula is C20H21N3O3S. The molecule has 0 aliphatic rings. The lowest BCUT2D eigenvalue weighted by molar-refractivity contribution is -0.121. The van der Waals surface area contributed by atoms with Gasteiger partial charge < -0.3 is 14.8 Å². The van der Waals surface area contributed by atoms with E-state index in [2.05, 4.69) is 15.3 Å². The van der Waals surface area contributed by atoms with E-state index in [-0.39, 0.29) is 18.4 Å². The molecule has 0 aliphatic carbocycles. The molecule has 2 heterocycles. The Bertz CT molecular complexity index is 912. The first-order valence-electron chi connectivity index (χ1n) is 8.46. The molecule has 0 bridgehead atoms. The number of benzene rings is 1. The molecule has 27 heavy (non-hydrogen) atoms. The van der Waals surface area contributed by atoms with Gasteiger partial charge in [0.2, 0.25) is 5.91 Å². The number of hydrogen-bond donors (Lipinski definition) is 1. The summed E-state index contributed by atoms with van der Waals surface area (Å²) in [5, 5.41) is 5.77. The van der Waals surface area contributed by atoms with Crippen molar-refractivity contribution in [2.24, 2.45) is 0 Å². The van der Waals surface area contributed by atoms with Gasteiger partial charge in [-0.15, -0.1) is 11.3 Å². The van der Waals surface area contributed by atoms with Crippen molar-refractivity contribution in [3.05, 3.63) is 59.4 Å². The van der Waals surface area contributed by atoms with Gasteiger partial charge in [-0.3, -0.25) is 9.78 Å². The Balaban J connectivity index is 1.63. The van der Waals surface area contributed by atoms with Gasteiger partial charge in [-0.2, -0.15) is 0 Å². The molecule has 0 fully saturated rings. The summed E-state index contributed by atoms with van der Waals surface area (Å²) in [5.41, 5.74) is 2.64. The van der Waals surface area contributed by atoms with Gasteiger partial charge >= 0.3 is 0 Å². The third kappa shape index (κ3) is 4.62. The first-order chi connectivity index (χ1) is 13.1. The molecule has 3 rings (SSSR count). The van der Waals surface area contributed by atoms with Crippen molar-refractivity contribution in [3.63, 3.8) is 0 Å². The predicted molar refractivity (Wildman–Crippen MR) is 105 cm³/mol. The number of pyridine rings is 1. The highest BCUT2D eigenvalue weighted by molar-refractivity contribution is 7.13. The largest absolute Gasteiger partial charge is 0.493 e. The van der Waals surface area contributed by atoms with Crippen molar-refractivity contribution in [3.8, 4) is 22.1 Å². The van der Waals surface area contributed by atoms with E-state index in [9.17, 15) is 4.79 Å². The zero-order valence-electron chi connectivity index (χ0n) is 15.4. The molecule has 0 aliphatic heterocycles. The van der Waals surface area contributed by atoms with Crippen molar-refractivity contribution in [1.82, 2.24) is 15.3 Å². The van der Waals surface area contributed by atoms with Crippen LogP contribution in [0.4, 0.5) is 0 Å². The summed E-state index contributed by atoms with van der Waals surface area (Å²) in [6.07, 6.45) is 3.72. The van der Waals surface area contributed by atoms with Gasteiger partial charge in [0.05, 0.1) is 32.4 Å². The van der Waals surface area contributed by atoms with Gasteiger partial charge in [-0.05, 0) is 36.8 Å². The van der Waals surface area contributed by atoms with Gasteiger partial charge in [0.15, 0.2) is 11.5 Å². The number of nitrogens with one attached hydrogen (secondary N) is 1. The number of carbonyl (C=O) groups excluding carboxylic acids is 1. The van der Waals surface area contributed by atoms with Crippen LogP contribution in [0.15, 0.2) is 48.1 Å². The third-order valence-electron chi connectivity index (χ3n) is 4.09. The second-order valence-corrected chi connectivity index (χ2v) is 6.82. The van der Waals surface area contributed by atoms with Gasteiger partial charge in [0, 0.05) is 23.3 Å². The van der Waals surface area contributed by atoms with E-state index in [4.69, 9.17) is 9.47 Å². The van der Waals surface area contributed by atoms with Crippen LogP contribution >= 0.6 is 11.3 Å². The van der Waals surface area contributed by atoms with Crippen molar-refractivity contribution in [1.29, 1.82) is 0 Å². The first kappa shape index (κ1) is 18.8. The number of thiazole rings is 1. The van der Waals surface area contributed by atoms with Crippen molar-refractivity contribution in [2.45, 2.75) is 19.4 Å². The number of aromatic nitrogens is 2. The lowest BCUT2D eigenvalue weighted by Gasteiger charge is -2.16. The van der Waals surface area contributed by atoms with Gasteiger partial charge in [-0.25, -0.2) is 4.98 Å². The molecule has 1 unspecified atom stereocenters. The minimum atomic E-state index is -0.159. The summed E-state index contributed by atoms with van der Waals surface area (Å²) < 4.78 is 10.6. The number of carbonyl (C=O) groups is 1. The van der Waals surface area contributed by atoms with E-state index in [0.29, 0.717) is 11.5 Å². The first-order valence-corrected chi connectivity index (χ1v) is 9.34. The number of rotatable bonds is 7. The lowest BCUT2D eigenvalue weighted by atomic mass is 10.1. The monoisotopic (exact) mass is 383 g/mol. The molecule has 0 saturated heterocycles. The summed E-state index contributed by atoms with van der Waals surface area (Å²) in [5.74, 6) is 1.21. The number of amides is 1. The Hall–Kier alpha value is -2.93. The summed E-state index contributed by atoms with van der Waals surface area (Å²) in [4.78, 5) is 21.0. The maximum absolute atomic E-state index is 12.4. The van der Waals surface area contributed by atoms with Crippen LogP contribution in [0.1, 0.15) is 24.2 Å². The molecule has 2 aromatic heterocycles. The number of methoxy groups -OCH3 is 2. The number of nitrogens with zero attached hydrogens (tertiary/aromatic N) is 2. The Kier molecular flexibility index (Phi) is 6.03. The number of hydrogen-bond acceptors (Lipinski definition) is 6. The molecule has 0 spiro atoms. The second kappa shape index (κ2) is 8.64. The molecule has 1 N–H and O–H groups in total. The highest BCUT2D eigenvalue weighted by Gasteiger charge is 2.14. The fourth-order valence-electron chi connectivity index (χ4n) is 2.67. The lowest BCUT2D eigenvalue weighted by Crippen LogP contribution is -2.28. The van der Waals surface area contributed by atoms with Crippen molar-refractivity contribution >= 4 is 17.2 Å². The number of ether oxygens (including phenoxy) is 2. The van der Waals surface area contributed by atoms with Crippen LogP contribution in [0.3, 0.4) is 0 Å². The van der Waals surface area contributed by atoms with Crippen LogP contribution in [-0.2, 0) is 11.2 Å². The van der Waals surface area contributed by atoms with E-state index in [1.165, 1.54) is 11.3 Å². The average molecular weight is 383 g/mol. The van der Waals surface area contributed by atoms with Gasteiger partial charge in [-0.1, -0.05) is 6.07 Å². The van der Waals surface area contributed by atoms with E-state index in [1.54, 1.807) is 26.6 Å². The second-order valence-electron chi connectivity index (χ2n) is 5.97. The van der Waals surface area contributed by atoms with E-state index in [0.717, 1.165) is 21.8 Å². The summed E-state index contributed by atoms with van der Waals surface area (Å²) >= 11 is 1.51. The third-order valence-corrected chi connectivity index (χ3v) is 5.03. The molecular weight excluding hydrogens is 362 g/mol. The van der Waals surface area contributed by atoms with Crippen LogP contribution in [0.5, 0.6) is 11.5 Å². The average Bonchev–Trinajstić information content (AvgIpc) is 3.16. The van der Waals surface area contributed by atoms with Crippen LogP contribution in [0.2, 0.25) is 0 Å². The summed E-state index contributed by atoms with van der Waals surface area (Å²) in [7, 11) is 3.18. The zero-order valence-corrected chi connectivity index (χ0v) is 16.2. The topological polar surface area (TPSA) is 73.3 Å². The summed E-state index contributed by atoms with van der Waals surface area (Å²) in [6.45, 7) is 1.93. The van der Waals surface area contributed by atoms with Gasteiger partial charge in [0.25, 0.3) is 0 Å². The maximum Gasteiger partial charge on any atom is 0.226 e. The normalized spacial score (nSPS) is 11.7.